The molecule has 6 rings (SSSR count). The lowest BCUT2D eigenvalue weighted by atomic mass is 9.99. The van der Waals surface area contributed by atoms with E-state index in [9.17, 15) is 18.0 Å². The van der Waals surface area contributed by atoms with Crippen molar-refractivity contribution in [2.45, 2.75) is 19.0 Å². The number of pyridine rings is 3. The number of hydrogen-bond donors (Lipinski definition) is 1. The molecule has 1 N–H and O–H groups in total. The summed E-state index contributed by atoms with van der Waals surface area (Å²) in [5.74, 6) is -1.35. The van der Waals surface area contributed by atoms with Gasteiger partial charge in [-0.15, -0.1) is 0 Å². The minimum atomic E-state index is -4.59. The Hall–Kier alpha value is -4.71. The molecule has 1 aromatic carbocycles. The maximum atomic E-state index is 15.2. The second kappa shape index (κ2) is 11.5. The molecule has 0 aliphatic carbocycles. The highest BCUT2D eigenvalue weighted by Gasteiger charge is 2.31. The Morgan fingerprint density at radius 2 is 1.67 bits per heavy atom. The molecule has 0 atom stereocenters. The first-order chi connectivity index (χ1) is 20.6. The van der Waals surface area contributed by atoms with Crippen LogP contribution in [0.5, 0.6) is 0 Å². The van der Waals surface area contributed by atoms with Gasteiger partial charge in [-0.2, -0.15) is 13.2 Å². The molecule has 0 saturated carbocycles. The van der Waals surface area contributed by atoms with Crippen molar-refractivity contribution in [3.63, 3.8) is 0 Å². The molecule has 43 heavy (non-hydrogen) atoms. The Morgan fingerprint density at radius 3 is 2.47 bits per heavy atom. The summed E-state index contributed by atoms with van der Waals surface area (Å²) in [6.07, 6.45) is -1.43. The maximum Gasteiger partial charge on any atom is 0.416 e. The van der Waals surface area contributed by atoms with E-state index in [1.807, 2.05) is 18.2 Å². The number of alkyl halides is 3. The van der Waals surface area contributed by atoms with E-state index in [4.69, 9.17) is 4.74 Å². The van der Waals surface area contributed by atoms with E-state index in [0.29, 0.717) is 29.8 Å². The quantitative estimate of drug-likeness (QED) is 0.227. The van der Waals surface area contributed by atoms with Gasteiger partial charge in [0.05, 0.1) is 18.8 Å². The van der Waals surface area contributed by atoms with Crippen LogP contribution in [0.2, 0.25) is 0 Å². The van der Waals surface area contributed by atoms with E-state index in [1.165, 1.54) is 6.20 Å². The molecule has 0 unspecified atom stereocenters. The van der Waals surface area contributed by atoms with Gasteiger partial charge < -0.3 is 14.6 Å². The van der Waals surface area contributed by atoms with Crippen LogP contribution >= 0.6 is 0 Å². The number of anilines is 1. The Balaban J connectivity index is 1.21. The summed E-state index contributed by atoms with van der Waals surface area (Å²) in [5.41, 5.74) is 1.29. The molecule has 5 heterocycles. The van der Waals surface area contributed by atoms with Crippen molar-refractivity contribution in [1.29, 1.82) is 0 Å². The molecule has 0 spiro atoms. The zero-order chi connectivity index (χ0) is 30.1. The van der Waals surface area contributed by atoms with Crippen LogP contribution in [0.4, 0.5) is 27.8 Å². The first-order valence-corrected chi connectivity index (χ1v) is 13.4. The number of morpholine rings is 1. The van der Waals surface area contributed by atoms with E-state index >= 15 is 8.78 Å². The smallest absolute Gasteiger partial charge is 0.378 e. The third kappa shape index (κ3) is 6.24. The van der Waals surface area contributed by atoms with E-state index in [1.54, 1.807) is 12.3 Å². The molecule has 5 aromatic rings. The second-order valence-corrected chi connectivity index (χ2v) is 10.2. The molecular formula is C31H24F5N5O2. The molecule has 4 aromatic heterocycles. The van der Waals surface area contributed by atoms with Gasteiger partial charge in [0.1, 0.15) is 28.9 Å². The van der Waals surface area contributed by atoms with E-state index in [-0.39, 0.29) is 16.8 Å². The number of rotatable bonds is 7. The average molecular weight is 594 g/mol. The average Bonchev–Trinajstić information content (AvgIpc) is 3.43. The van der Waals surface area contributed by atoms with Crippen LogP contribution in [-0.4, -0.2) is 52.0 Å². The fraction of sp³-hybridized carbons (Fsp3) is 0.226. The number of nitrogens with one attached hydrogen (secondary N) is 1. The fourth-order valence-electron chi connectivity index (χ4n) is 5.04. The third-order valence-electron chi connectivity index (χ3n) is 7.22. The maximum absolute atomic E-state index is 15.2. The van der Waals surface area contributed by atoms with Crippen LogP contribution in [0.1, 0.15) is 16.8 Å². The van der Waals surface area contributed by atoms with Gasteiger partial charge in [-0.25, -0.2) is 18.7 Å². The van der Waals surface area contributed by atoms with Gasteiger partial charge in [-0.3, -0.25) is 9.78 Å². The summed E-state index contributed by atoms with van der Waals surface area (Å²) >= 11 is 0. The number of carbonyl (C=O) groups excluding carboxylic acids is 1. The lowest BCUT2D eigenvalue weighted by molar-refractivity contribution is -0.137. The molecule has 0 amide bonds. The highest BCUT2D eigenvalue weighted by Crippen LogP contribution is 2.32. The number of halogens is 5. The Labute approximate surface area is 242 Å². The molecular weight excluding hydrogens is 569 g/mol. The van der Waals surface area contributed by atoms with Crippen LogP contribution in [0.3, 0.4) is 0 Å². The molecule has 1 fully saturated rings. The number of aromatic nitrogens is 4. The summed E-state index contributed by atoms with van der Waals surface area (Å²) in [7, 11) is 0. The monoisotopic (exact) mass is 593 g/mol. The number of Topliss-reactive ketones (excluding diaryl/α,β-unsaturated/α-hetero) is 1. The largest absolute Gasteiger partial charge is 0.416 e. The Morgan fingerprint density at radius 1 is 0.884 bits per heavy atom. The lowest BCUT2D eigenvalue weighted by Crippen LogP contribution is -2.36. The number of ether oxygens (including phenoxy) is 1. The van der Waals surface area contributed by atoms with Gasteiger partial charge in [0.15, 0.2) is 0 Å². The van der Waals surface area contributed by atoms with Gasteiger partial charge in [0.25, 0.3) is 0 Å². The van der Waals surface area contributed by atoms with Crippen LogP contribution in [0, 0.1) is 11.6 Å². The van der Waals surface area contributed by atoms with Gasteiger partial charge >= 0.3 is 6.18 Å². The van der Waals surface area contributed by atoms with Crippen LogP contribution in [-0.2, 0) is 28.5 Å². The van der Waals surface area contributed by atoms with Crippen molar-refractivity contribution in [3.05, 3.63) is 95.6 Å². The van der Waals surface area contributed by atoms with E-state index in [2.05, 4.69) is 24.8 Å². The number of fused-ring (bicyclic) bond motifs is 1. The first kappa shape index (κ1) is 28.4. The predicted octanol–water partition coefficient (Wildman–Crippen LogP) is 6.17. The lowest BCUT2D eigenvalue weighted by Gasteiger charge is -2.27. The molecule has 1 aliphatic heterocycles. The highest BCUT2D eigenvalue weighted by molar-refractivity contribution is 5.87. The second-order valence-electron chi connectivity index (χ2n) is 10.2. The van der Waals surface area contributed by atoms with Gasteiger partial charge in [0, 0.05) is 78.0 Å². The van der Waals surface area contributed by atoms with Crippen molar-refractivity contribution in [1.82, 2.24) is 19.9 Å². The molecule has 1 aliphatic rings. The number of benzene rings is 1. The molecule has 12 heteroatoms. The SMILES string of the molecule is O=C(Cc1cc(C(F)(F)F)ccn1)Cc1cc(F)c(-c2cnc3[nH]c(-c4ccnc(N5CCOCC5)c4)cc3c2)cc1F. The van der Waals surface area contributed by atoms with Gasteiger partial charge in [-0.1, -0.05) is 0 Å². The highest BCUT2D eigenvalue weighted by atomic mass is 19.4. The van der Waals surface area contributed by atoms with Gasteiger partial charge in [-0.05, 0) is 54.1 Å². The zero-order valence-corrected chi connectivity index (χ0v) is 22.6. The third-order valence-corrected chi connectivity index (χ3v) is 7.22. The minimum Gasteiger partial charge on any atom is -0.378 e. The number of ketones is 1. The Bertz CT molecular complexity index is 1810. The minimum absolute atomic E-state index is 0.0380. The number of carbonyl (C=O) groups is 1. The van der Waals surface area contributed by atoms with Crippen molar-refractivity contribution >= 4 is 22.6 Å². The normalized spacial score (nSPS) is 13.9. The zero-order valence-electron chi connectivity index (χ0n) is 22.6. The van der Waals surface area contributed by atoms with Crippen LogP contribution in [0.25, 0.3) is 33.4 Å². The van der Waals surface area contributed by atoms with Crippen molar-refractivity contribution in [2.75, 3.05) is 31.2 Å². The van der Waals surface area contributed by atoms with Crippen molar-refractivity contribution in [3.8, 4) is 22.4 Å². The first-order valence-electron chi connectivity index (χ1n) is 13.4. The summed E-state index contributed by atoms with van der Waals surface area (Å²) in [4.78, 5) is 30.6. The molecule has 0 radical (unpaired) electrons. The fourth-order valence-corrected chi connectivity index (χ4v) is 5.04. The number of aromatic amines is 1. The summed E-state index contributed by atoms with van der Waals surface area (Å²) < 4.78 is 74.5. The number of H-pyrrole nitrogens is 1. The molecule has 220 valence electrons. The van der Waals surface area contributed by atoms with Crippen LogP contribution < -0.4 is 4.90 Å². The number of nitrogens with zero attached hydrogens (tertiary/aromatic N) is 4. The summed E-state index contributed by atoms with van der Waals surface area (Å²) in [5, 5.41) is 0.685. The summed E-state index contributed by atoms with van der Waals surface area (Å²) in [6, 6.07) is 10.9. The predicted molar refractivity (Wildman–Crippen MR) is 149 cm³/mol. The topological polar surface area (TPSA) is 84.0 Å². The van der Waals surface area contributed by atoms with Crippen molar-refractivity contribution in [2.24, 2.45) is 0 Å². The van der Waals surface area contributed by atoms with E-state index in [0.717, 1.165) is 60.6 Å². The van der Waals surface area contributed by atoms with E-state index < -0.39 is 42.0 Å². The van der Waals surface area contributed by atoms with Crippen LogP contribution in [0.15, 0.2) is 67.1 Å². The van der Waals surface area contributed by atoms with Crippen molar-refractivity contribution < 1.29 is 31.5 Å². The van der Waals surface area contributed by atoms with Gasteiger partial charge in [0.2, 0.25) is 0 Å². The number of hydrogen-bond acceptors (Lipinski definition) is 6. The molecule has 0 bridgehead atoms. The summed E-state index contributed by atoms with van der Waals surface area (Å²) in [6.45, 7) is 2.76. The molecule has 1 saturated heterocycles. The Kier molecular flexibility index (Phi) is 7.61. The standard InChI is InChI=1S/C31H24F5N5O2/c32-26-16-25(27(33)11-19(26)10-24(42)15-23-14-22(2-4-37-23)31(34,35)36)21-9-20-12-28(40-30(20)39-17-21)18-1-3-38-29(13-18)41-5-7-43-8-6-41/h1-4,9,11-14,16-17H,5-8,10,15H2,(H,39,40). The molecule has 7 nitrogen and oxygen atoms in total.